The van der Waals surface area contributed by atoms with Crippen molar-refractivity contribution in [2.75, 3.05) is 44.6 Å². The predicted octanol–water partition coefficient (Wildman–Crippen LogP) is 1.38. The van der Waals surface area contributed by atoms with E-state index in [1.165, 1.54) is 0 Å². The van der Waals surface area contributed by atoms with Crippen molar-refractivity contribution in [2.45, 2.75) is 13.5 Å². The molecule has 0 spiro atoms. The normalized spacial score (nSPS) is 15.0. The number of carbonyl (C=O) groups excluding carboxylic acids is 1. The number of amides is 1. The lowest BCUT2D eigenvalue weighted by Crippen LogP contribution is -2.52. The fourth-order valence-electron chi connectivity index (χ4n) is 3.13. The number of guanidine groups is 1. The molecule has 1 saturated heterocycles. The predicted molar refractivity (Wildman–Crippen MR) is 112 cm³/mol. The average molecular weight is 394 g/mol. The van der Waals surface area contributed by atoms with Gasteiger partial charge in [-0.25, -0.2) is 4.99 Å². The molecule has 152 valence electrons. The fourth-order valence-corrected chi connectivity index (χ4v) is 3.13. The van der Waals surface area contributed by atoms with E-state index in [9.17, 15) is 4.79 Å². The number of anilines is 1. The van der Waals surface area contributed by atoms with Crippen molar-refractivity contribution >= 4 is 17.6 Å². The van der Waals surface area contributed by atoms with Gasteiger partial charge in [-0.2, -0.15) is 0 Å². The van der Waals surface area contributed by atoms with Gasteiger partial charge in [0, 0.05) is 56.6 Å². The molecule has 0 radical (unpaired) electrons. The van der Waals surface area contributed by atoms with Crippen molar-refractivity contribution in [1.29, 1.82) is 0 Å². The monoisotopic (exact) mass is 394 g/mol. The first-order valence-corrected chi connectivity index (χ1v) is 9.69. The van der Waals surface area contributed by atoms with Crippen LogP contribution in [0.1, 0.15) is 18.2 Å². The number of nitrogens with zero attached hydrogens (tertiary/aromatic N) is 4. The first kappa shape index (κ1) is 20.4. The molecule has 8 nitrogen and oxygen atoms in total. The summed E-state index contributed by atoms with van der Waals surface area (Å²) in [6, 6.07) is 9.09. The maximum absolute atomic E-state index is 12.3. The third-order valence-corrected chi connectivity index (χ3v) is 4.57. The number of hydrogen-bond donors (Lipinski definition) is 2. The summed E-state index contributed by atoms with van der Waals surface area (Å²) in [5, 5.41) is 10.1. The lowest BCUT2D eigenvalue weighted by atomic mass is 10.2. The van der Waals surface area contributed by atoms with E-state index in [1.807, 2.05) is 31.2 Å². The molecule has 0 aliphatic carbocycles. The van der Waals surface area contributed by atoms with Crippen LogP contribution in [-0.4, -0.2) is 66.1 Å². The molecule has 3 rings (SSSR count). The number of aliphatic imine (C=N–C) groups is 1. The van der Waals surface area contributed by atoms with Crippen molar-refractivity contribution in [3.8, 4) is 12.3 Å². The van der Waals surface area contributed by atoms with E-state index in [4.69, 9.17) is 10.9 Å². The second-order valence-corrected chi connectivity index (χ2v) is 6.70. The summed E-state index contributed by atoms with van der Waals surface area (Å²) in [5.74, 6) is 3.13. The van der Waals surface area contributed by atoms with Gasteiger partial charge in [0.05, 0.1) is 5.69 Å². The molecule has 29 heavy (non-hydrogen) atoms. The molecular weight excluding hydrogens is 368 g/mol. The second kappa shape index (κ2) is 10.3. The van der Waals surface area contributed by atoms with E-state index in [-0.39, 0.29) is 12.5 Å². The van der Waals surface area contributed by atoms with Gasteiger partial charge in [-0.05, 0) is 25.1 Å². The van der Waals surface area contributed by atoms with Crippen LogP contribution in [0.25, 0.3) is 0 Å². The SMILES string of the molecule is C#Cc1cccc(NC(=O)CN=C(NCC)N2CCN(Cc3ccon3)CC2)c1. The number of aromatic nitrogens is 1. The topological polar surface area (TPSA) is 86.0 Å². The van der Waals surface area contributed by atoms with Crippen molar-refractivity contribution in [3.05, 3.63) is 47.9 Å². The lowest BCUT2D eigenvalue weighted by Gasteiger charge is -2.36. The molecule has 1 amide bonds. The highest BCUT2D eigenvalue weighted by atomic mass is 16.5. The molecule has 1 aliphatic rings. The number of nitrogens with one attached hydrogen (secondary N) is 2. The zero-order valence-electron chi connectivity index (χ0n) is 16.6. The number of hydrogen-bond acceptors (Lipinski definition) is 5. The highest BCUT2D eigenvalue weighted by molar-refractivity contribution is 5.94. The van der Waals surface area contributed by atoms with Crippen LogP contribution in [0, 0.1) is 12.3 Å². The van der Waals surface area contributed by atoms with Crippen LogP contribution >= 0.6 is 0 Å². The highest BCUT2D eigenvalue weighted by Crippen LogP contribution is 2.10. The van der Waals surface area contributed by atoms with Crippen LogP contribution in [0.5, 0.6) is 0 Å². The third-order valence-electron chi connectivity index (χ3n) is 4.57. The van der Waals surface area contributed by atoms with Crippen molar-refractivity contribution < 1.29 is 9.32 Å². The largest absolute Gasteiger partial charge is 0.364 e. The quantitative estimate of drug-likeness (QED) is 0.437. The Morgan fingerprint density at radius 3 is 2.83 bits per heavy atom. The van der Waals surface area contributed by atoms with Crippen LogP contribution in [0.4, 0.5) is 5.69 Å². The van der Waals surface area contributed by atoms with Gasteiger partial charge in [-0.1, -0.05) is 17.1 Å². The highest BCUT2D eigenvalue weighted by Gasteiger charge is 2.20. The summed E-state index contributed by atoms with van der Waals surface area (Å²) in [5.41, 5.74) is 2.33. The zero-order chi connectivity index (χ0) is 20.5. The molecule has 2 N–H and O–H groups in total. The Morgan fingerprint density at radius 2 is 2.14 bits per heavy atom. The number of carbonyl (C=O) groups is 1. The van der Waals surface area contributed by atoms with E-state index < -0.39 is 0 Å². The van der Waals surface area contributed by atoms with Gasteiger partial charge in [0.2, 0.25) is 5.91 Å². The summed E-state index contributed by atoms with van der Waals surface area (Å²) in [4.78, 5) is 21.3. The minimum absolute atomic E-state index is 0.0434. The van der Waals surface area contributed by atoms with E-state index in [2.05, 4.69) is 36.5 Å². The Hall–Kier alpha value is -3.31. The standard InChI is InChI=1S/C21H26N6O2/c1-3-17-6-5-7-18(14-17)24-20(28)15-23-21(22-4-2)27-11-9-26(10-12-27)16-19-8-13-29-25-19/h1,5-8,13-14H,4,9-12,15-16H2,2H3,(H,22,23)(H,24,28). The van der Waals surface area contributed by atoms with Crippen LogP contribution in [-0.2, 0) is 11.3 Å². The molecule has 1 aromatic carbocycles. The average Bonchev–Trinajstić information content (AvgIpc) is 3.25. The van der Waals surface area contributed by atoms with Gasteiger partial charge in [0.25, 0.3) is 0 Å². The third kappa shape index (κ3) is 6.09. The number of rotatable bonds is 6. The Morgan fingerprint density at radius 1 is 1.31 bits per heavy atom. The Labute approximate surface area is 171 Å². The van der Waals surface area contributed by atoms with Crippen LogP contribution in [0.3, 0.4) is 0 Å². The molecule has 2 aromatic rings. The minimum Gasteiger partial charge on any atom is -0.364 e. The summed E-state index contributed by atoms with van der Waals surface area (Å²) < 4.78 is 4.89. The Balaban J connectivity index is 1.52. The summed E-state index contributed by atoms with van der Waals surface area (Å²) in [7, 11) is 0. The smallest absolute Gasteiger partial charge is 0.246 e. The number of terminal acetylenes is 1. The van der Waals surface area contributed by atoms with E-state index in [0.29, 0.717) is 5.69 Å². The number of piperazine rings is 1. The van der Waals surface area contributed by atoms with Gasteiger partial charge in [-0.3, -0.25) is 9.69 Å². The molecular formula is C21H26N6O2. The Bertz CT molecular complexity index is 864. The summed E-state index contributed by atoms with van der Waals surface area (Å²) in [6.07, 6.45) is 6.99. The first-order valence-electron chi connectivity index (χ1n) is 9.69. The van der Waals surface area contributed by atoms with Gasteiger partial charge < -0.3 is 20.1 Å². The van der Waals surface area contributed by atoms with Gasteiger partial charge in [-0.15, -0.1) is 6.42 Å². The molecule has 1 aliphatic heterocycles. The summed E-state index contributed by atoms with van der Waals surface area (Å²) >= 11 is 0. The van der Waals surface area contributed by atoms with Gasteiger partial charge in [0.1, 0.15) is 12.8 Å². The zero-order valence-corrected chi connectivity index (χ0v) is 16.6. The molecule has 0 unspecified atom stereocenters. The molecule has 8 heteroatoms. The van der Waals surface area contributed by atoms with Crippen molar-refractivity contribution in [3.63, 3.8) is 0 Å². The van der Waals surface area contributed by atoms with Gasteiger partial charge in [0.15, 0.2) is 5.96 Å². The molecule has 0 atom stereocenters. The van der Waals surface area contributed by atoms with Crippen molar-refractivity contribution in [2.24, 2.45) is 4.99 Å². The maximum Gasteiger partial charge on any atom is 0.246 e. The Kier molecular flexibility index (Phi) is 7.25. The van der Waals surface area contributed by atoms with Gasteiger partial charge >= 0.3 is 0 Å². The van der Waals surface area contributed by atoms with Crippen LogP contribution in [0.15, 0.2) is 46.1 Å². The van der Waals surface area contributed by atoms with E-state index in [1.54, 1.807) is 12.3 Å². The van der Waals surface area contributed by atoms with E-state index >= 15 is 0 Å². The van der Waals surface area contributed by atoms with Crippen molar-refractivity contribution in [1.82, 2.24) is 20.3 Å². The minimum atomic E-state index is -0.181. The summed E-state index contributed by atoms with van der Waals surface area (Å²) in [6.45, 7) is 7.01. The maximum atomic E-state index is 12.3. The molecule has 0 saturated carbocycles. The molecule has 1 fully saturated rings. The van der Waals surface area contributed by atoms with E-state index in [0.717, 1.165) is 56.5 Å². The number of benzene rings is 1. The van der Waals surface area contributed by atoms with Crippen LogP contribution < -0.4 is 10.6 Å². The fraction of sp³-hybridized carbons (Fsp3) is 0.381. The molecule has 1 aromatic heterocycles. The molecule has 2 heterocycles. The van der Waals surface area contributed by atoms with Crippen LogP contribution in [0.2, 0.25) is 0 Å². The molecule has 0 bridgehead atoms. The first-order chi connectivity index (χ1) is 14.2. The second-order valence-electron chi connectivity index (χ2n) is 6.70. The lowest BCUT2D eigenvalue weighted by molar-refractivity contribution is -0.114.